The molecule has 2 rings (SSSR count). The Morgan fingerprint density at radius 1 is 1.06 bits per heavy atom. The highest BCUT2D eigenvalue weighted by Gasteiger charge is 2.10. The molecule has 1 aromatic heterocycles. The van der Waals surface area contributed by atoms with E-state index >= 15 is 0 Å². The number of halogens is 3. The number of benzene rings is 1. The van der Waals surface area contributed by atoms with E-state index in [0.717, 1.165) is 0 Å². The molecule has 0 bridgehead atoms. The van der Waals surface area contributed by atoms with Crippen LogP contribution in [0.15, 0.2) is 24.4 Å². The third kappa shape index (κ3) is 2.43. The predicted octanol–water partition coefficient (Wildman–Crippen LogP) is 4.23. The van der Waals surface area contributed by atoms with Crippen LogP contribution < -0.4 is 0 Å². The molecule has 18 heavy (non-hydrogen) atoms. The fraction of sp³-hybridized carbons (Fsp3) is 0. The van der Waals surface area contributed by atoms with Crippen molar-refractivity contribution in [2.45, 2.75) is 0 Å². The highest BCUT2D eigenvalue weighted by Crippen LogP contribution is 2.35. The molecule has 0 aliphatic rings. The largest absolute Gasteiger partial charge is 0.506 e. The third-order valence-corrected chi connectivity index (χ3v) is 3.52. The van der Waals surface area contributed by atoms with E-state index in [0.29, 0.717) is 27.5 Å². The van der Waals surface area contributed by atoms with Gasteiger partial charge in [-0.15, -0.1) is 0 Å². The lowest BCUT2D eigenvalue weighted by Crippen LogP contribution is -1.89. The van der Waals surface area contributed by atoms with Crippen LogP contribution in [0.5, 0.6) is 5.75 Å². The average Bonchev–Trinajstić information content (AvgIpc) is 2.35. The quantitative estimate of drug-likeness (QED) is 0.667. The summed E-state index contributed by atoms with van der Waals surface area (Å²) in [5.74, 6) is -0.204. The van der Waals surface area contributed by atoms with Crippen LogP contribution in [0.25, 0.3) is 11.1 Å². The Morgan fingerprint density at radius 3 is 2.17 bits per heavy atom. The SMILES string of the molecule is O=Cc1ncc(-c2cc(Cl)c(Cl)c(Cl)c2)cc1O. The number of carbonyl (C=O) groups excluding carboxylic acids is 1. The molecular weight excluding hydrogens is 296 g/mol. The lowest BCUT2D eigenvalue weighted by molar-refractivity contribution is 0.111. The second-order valence-electron chi connectivity index (χ2n) is 3.50. The van der Waals surface area contributed by atoms with E-state index < -0.39 is 0 Å². The number of nitrogens with zero attached hydrogens (tertiary/aromatic N) is 1. The highest BCUT2D eigenvalue weighted by atomic mass is 35.5. The molecule has 1 aromatic carbocycles. The van der Waals surface area contributed by atoms with Crippen molar-refractivity contribution in [1.82, 2.24) is 4.98 Å². The summed E-state index contributed by atoms with van der Waals surface area (Å²) >= 11 is 17.7. The number of pyridine rings is 1. The minimum atomic E-state index is -0.204. The lowest BCUT2D eigenvalue weighted by atomic mass is 10.1. The van der Waals surface area contributed by atoms with E-state index in [2.05, 4.69) is 4.98 Å². The van der Waals surface area contributed by atoms with Crippen LogP contribution >= 0.6 is 34.8 Å². The molecule has 0 atom stereocenters. The van der Waals surface area contributed by atoms with Crippen molar-refractivity contribution < 1.29 is 9.90 Å². The third-order valence-electron chi connectivity index (χ3n) is 2.33. The molecule has 0 saturated carbocycles. The van der Waals surface area contributed by atoms with Crippen molar-refractivity contribution in [1.29, 1.82) is 0 Å². The minimum Gasteiger partial charge on any atom is -0.506 e. The van der Waals surface area contributed by atoms with Gasteiger partial charge in [-0.2, -0.15) is 0 Å². The topological polar surface area (TPSA) is 50.2 Å². The number of hydrogen-bond acceptors (Lipinski definition) is 3. The molecular formula is C12H6Cl3NO2. The van der Waals surface area contributed by atoms with Gasteiger partial charge in [-0.3, -0.25) is 4.79 Å². The van der Waals surface area contributed by atoms with E-state index in [1.54, 1.807) is 12.1 Å². The molecule has 0 radical (unpaired) electrons. The van der Waals surface area contributed by atoms with Gasteiger partial charge >= 0.3 is 0 Å². The Morgan fingerprint density at radius 2 is 1.67 bits per heavy atom. The molecule has 1 N–H and O–H groups in total. The van der Waals surface area contributed by atoms with Crippen molar-refractivity contribution in [2.24, 2.45) is 0 Å². The zero-order valence-electron chi connectivity index (χ0n) is 8.82. The number of aldehydes is 1. The van der Waals surface area contributed by atoms with Gasteiger partial charge in [0.1, 0.15) is 11.4 Å². The molecule has 0 aliphatic carbocycles. The highest BCUT2D eigenvalue weighted by molar-refractivity contribution is 6.48. The average molecular weight is 303 g/mol. The van der Waals surface area contributed by atoms with Crippen molar-refractivity contribution in [2.75, 3.05) is 0 Å². The summed E-state index contributed by atoms with van der Waals surface area (Å²) < 4.78 is 0. The Bertz CT molecular complexity index is 606. The van der Waals surface area contributed by atoms with Crippen LogP contribution in [0.2, 0.25) is 15.1 Å². The summed E-state index contributed by atoms with van der Waals surface area (Å²) in [6.07, 6.45) is 1.92. The number of rotatable bonds is 2. The van der Waals surface area contributed by atoms with Crippen LogP contribution in [0.3, 0.4) is 0 Å². The number of aromatic hydroxyl groups is 1. The van der Waals surface area contributed by atoms with Crippen molar-refractivity contribution in [3.63, 3.8) is 0 Å². The standard InChI is InChI=1S/C12H6Cl3NO2/c13-8-1-6(2-9(14)12(8)15)7-3-11(18)10(5-17)16-4-7/h1-5,18H. The summed E-state index contributed by atoms with van der Waals surface area (Å²) in [5, 5.41) is 10.4. The second kappa shape index (κ2) is 5.14. The van der Waals surface area contributed by atoms with Crippen LogP contribution in [0.4, 0.5) is 0 Å². The van der Waals surface area contributed by atoms with Gasteiger partial charge in [0.2, 0.25) is 0 Å². The van der Waals surface area contributed by atoms with Gasteiger partial charge in [0.25, 0.3) is 0 Å². The minimum absolute atomic E-state index is 0.0232. The van der Waals surface area contributed by atoms with Gasteiger partial charge in [-0.1, -0.05) is 34.8 Å². The maximum Gasteiger partial charge on any atom is 0.172 e. The summed E-state index contributed by atoms with van der Waals surface area (Å²) in [6, 6.07) is 4.62. The van der Waals surface area contributed by atoms with Crippen molar-refractivity contribution in [3.8, 4) is 16.9 Å². The molecule has 0 aliphatic heterocycles. The Labute approximate surface area is 118 Å². The molecule has 2 aromatic rings. The van der Waals surface area contributed by atoms with Crippen LogP contribution in [0.1, 0.15) is 10.5 Å². The lowest BCUT2D eigenvalue weighted by Gasteiger charge is -2.06. The molecule has 92 valence electrons. The Hall–Kier alpha value is -1.29. The molecule has 1 heterocycles. The molecule has 0 spiro atoms. The molecule has 0 fully saturated rings. The van der Waals surface area contributed by atoms with Crippen molar-refractivity contribution >= 4 is 41.1 Å². The summed E-state index contributed by atoms with van der Waals surface area (Å²) in [4.78, 5) is 14.4. The van der Waals surface area contributed by atoms with Gasteiger partial charge in [0.05, 0.1) is 15.1 Å². The van der Waals surface area contributed by atoms with Gasteiger partial charge in [0.15, 0.2) is 6.29 Å². The number of carbonyl (C=O) groups is 1. The van der Waals surface area contributed by atoms with Crippen LogP contribution in [-0.4, -0.2) is 16.4 Å². The monoisotopic (exact) mass is 301 g/mol. The predicted molar refractivity (Wildman–Crippen MR) is 71.8 cm³/mol. The zero-order chi connectivity index (χ0) is 13.3. The number of hydrogen-bond donors (Lipinski definition) is 1. The second-order valence-corrected chi connectivity index (χ2v) is 4.69. The maximum absolute atomic E-state index is 10.5. The summed E-state index contributed by atoms with van der Waals surface area (Å²) in [7, 11) is 0. The van der Waals surface area contributed by atoms with E-state index in [-0.39, 0.29) is 16.5 Å². The summed E-state index contributed by atoms with van der Waals surface area (Å²) in [5.41, 5.74) is 1.21. The molecule has 0 unspecified atom stereocenters. The van der Waals surface area contributed by atoms with E-state index in [9.17, 15) is 9.90 Å². The first-order valence-corrected chi connectivity index (χ1v) is 5.95. The van der Waals surface area contributed by atoms with Gasteiger partial charge in [0, 0.05) is 11.8 Å². The Kier molecular flexibility index (Phi) is 3.76. The zero-order valence-corrected chi connectivity index (χ0v) is 11.1. The molecule has 0 amide bonds. The van der Waals surface area contributed by atoms with Gasteiger partial charge in [-0.05, 0) is 23.8 Å². The van der Waals surface area contributed by atoms with Gasteiger partial charge < -0.3 is 5.11 Å². The smallest absolute Gasteiger partial charge is 0.172 e. The molecule has 0 saturated heterocycles. The fourth-order valence-electron chi connectivity index (χ4n) is 1.43. The molecule has 3 nitrogen and oxygen atoms in total. The van der Waals surface area contributed by atoms with Gasteiger partial charge in [-0.25, -0.2) is 4.98 Å². The fourth-order valence-corrected chi connectivity index (χ4v) is 2.03. The van der Waals surface area contributed by atoms with E-state index in [4.69, 9.17) is 34.8 Å². The molecule has 6 heteroatoms. The first-order chi connectivity index (χ1) is 8.52. The first kappa shape index (κ1) is 13.1. The number of aromatic nitrogens is 1. The van der Waals surface area contributed by atoms with Crippen molar-refractivity contribution in [3.05, 3.63) is 45.2 Å². The summed E-state index contributed by atoms with van der Waals surface area (Å²) in [6.45, 7) is 0. The maximum atomic E-state index is 10.5. The normalized spacial score (nSPS) is 10.4. The van der Waals surface area contributed by atoms with E-state index in [1.165, 1.54) is 12.3 Å². The van der Waals surface area contributed by atoms with E-state index in [1.807, 2.05) is 0 Å². The Balaban J connectivity index is 2.55. The van der Waals surface area contributed by atoms with Crippen LogP contribution in [-0.2, 0) is 0 Å². The first-order valence-electron chi connectivity index (χ1n) is 4.82. The van der Waals surface area contributed by atoms with Crippen LogP contribution in [0, 0.1) is 0 Å².